The van der Waals surface area contributed by atoms with Crippen molar-refractivity contribution in [1.29, 1.82) is 0 Å². The van der Waals surface area contributed by atoms with E-state index in [1.54, 1.807) is 54.6 Å². The Kier molecular flexibility index (Phi) is 6.67. The first-order valence-electron chi connectivity index (χ1n) is 8.33. The zero-order valence-electron chi connectivity index (χ0n) is 15.2. The summed E-state index contributed by atoms with van der Waals surface area (Å²) in [5.74, 6) is -1.77. The molecule has 0 bridgehead atoms. The summed E-state index contributed by atoms with van der Waals surface area (Å²) in [6.07, 6.45) is -0.210. The van der Waals surface area contributed by atoms with Gasteiger partial charge in [-0.15, -0.1) is 0 Å². The van der Waals surface area contributed by atoms with E-state index in [2.05, 4.69) is 10.6 Å². The Morgan fingerprint density at radius 3 is 1.93 bits per heavy atom. The van der Waals surface area contributed by atoms with Crippen molar-refractivity contribution >= 4 is 29.2 Å². The summed E-state index contributed by atoms with van der Waals surface area (Å²) < 4.78 is 4.74. The molecule has 0 aliphatic rings. The molecular formula is C20H22N2O5. The lowest BCUT2D eigenvalue weighted by molar-refractivity contribution is -0.145. The van der Waals surface area contributed by atoms with Crippen LogP contribution in [0.2, 0.25) is 0 Å². The quantitative estimate of drug-likeness (QED) is 0.663. The largest absolute Gasteiger partial charge is 0.481 e. The third kappa shape index (κ3) is 5.39. The molecule has 0 saturated heterocycles. The van der Waals surface area contributed by atoms with Gasteiger partial charge in [0.05, 0.1) is 5.41 Å². The van der Waals surface area contributed by atoms with Gasteiger partial charge >= 0.3 is 5.97 Å². The number of carboxylic acids is 1. The van der Waals surface area contributed by atoms with E-state index >= 15 is 0 Å². The zero-order chi connectivity index (χ0) is 19.9. The lowest BCUT2D eigenvalue weighted by Gasteiger charge is -2.24. The number of methoxy groups -OCH3 is 1. The number of rotatable bonds is 8. The summed E-state index contributed by atoms with van der Waals surface area (Å²) in [6, 6.07) is 15.2. The molecular weight excluding hydrogens is 348 g/mol. The van der Waals surface area contributed by atoms with Crippen LogP contribution in [0.1, 0.15) is 18.9 Å². The van der Waals surface area contributed by atoms with Gasteiger partial charge in [-0.05, 0) is 36.8 Å². The topological polar surface area (TPSA) is 105 Å². The Labute approximate surface area is 157 Å². The van der Waals surface area contributed by atoms with Crippen LogP contribution in [0.4, 0.5) is 11.4 Å². The van der Waals surface area contributed by atoms with Crippen molar-refractivity contribution in [2.75, 3.05) is 24.4 Å². The fourth-order valence-electron chi connectivity index (χ4n) is 2.60. The summed E-state index contributed by atoms with van der Waals surface area (Å²) >= 11 is 0. The minimum Gasteiger partial charge on any atom is -0.481 e. The average Bonchev–Trinajstić information content (AvgIpc) is 2.64. The van der Waals surface area contributed by atoms with E-state index in [-0.39, 0.29) is 18.9 Å². The van der Waals surface area contributed by atoms with Crippen molar-refractivity contribution in [2.45, 2.75) is 18.8 Å². The average molecular weight is 370 g/mol. The van der Waals surface area contributed by atoms with Gasteiger partial charge in [0.25, 0.3) is 0 Å². The van der Waals surface area contributed by atoms with E-state index in [4.69, 9.17) is 4.74 Å². The Morgan fingerprint density at radius 2 is 1.44 bits per heavy atom. The first-order chi connectivity index (χ1) is 12.8. The molecule has 7 heteroatoms. The molecule has 142 valence electrons. The molecule has 0 radical (unpaired) electrons. The minimum absolute atomic E-state index is 0.0499. The van der Waals surface area contributed by atoms with Crippen LogP contribution in [0.3, 0.4) is 0 Å². The van der Waals surface area contributed by atoms with Gasteiger partial charge in [-0.1, -0.05) is 30.3 Å². The number of carbonyl (C=O) groups excluding carboxylic acids is 2. The summed E-state index contributed by atoms with van der Waals surface area (Å²) in [6.45, 7) is 1.48. The third-order valence-corrected chi connectivity index (χ3v) is 4.12. The minimum atomic E-state index is -1.33. The number of aliphatic carboxylic acids is 1. The van der Waals surface area contributed by atoms with Crippen molar-refractivity contribution < 1.29 is 24.2 Å². The van der Waals surface area contributed by atoms with Gasteiger partial charge in [0.1, 0.15) is 6.61 Å². The molecule has 0 aliphatic carbocycles. The van der Waals surface area contributed by atoms with E-state index in [0.29, 0.717) is 16.9 Å². The van der Waals surface area contributed by atoms with Gasteiger partial charge in [-0.3, -0.25) is 14.4 Å². The van der Waals surface area contributed by atoms with Gasteiger partial charge in [0, 0.05) is 24.9 Å². The molecule has 0 aromatic heterocycles. The first kappa shape index (κ1) is 20.1. The van der Waals surface area contributed by atoms with Gasteiger partial charge in [-0.25, -0.2) is 0 Å². The summed E-state index contributed by atoms with van der Waals surface area (Å²) in [4.78, 5) is 35.6. The van der Waals surface area contributed by atoms with Gasteiger partial charge in [0.2, 0.25) is 11.8 Å². The van der Waals surface area contributed by atoms with Gasteiger partial charge < -0.3 is 20.5 Å². The van der Waals surface area contributed by atoms with Crippen molar-refractivity contribution in [2.24, 2.45) is 0 Å². The monoisotopic (exact) mass is 370 g/mol. The Hall–Kier alpha value is -3.19. The molecule has 3 N–H and O–H groups in total. The van der Waals surface area contributed by atoms with Crippen molar-refractivity contribution in [3.8, 4) is 0 Å². The maximum absolute atomic E-state index is 12.4. The number of hydrogen-bond donors (Lipinski definition) is 3. The molecule has 2 amide bonds. The second-order valence-corrected chi connectivity index (χ2v) is 6.29. The molecule has 1 atom stereocenters. The van der Waals surface area contributed by atoms with Crippen LogP contribution in [-0.4, -0.2) is 36.6 Å². The molecule has 0 unspecified atom stereocenters. The summed E-state index contributed by atoms with van der Waals surface area (Å²) in [7, 11) is 1.43. The first-order valence-corrected chi connectivity index (χ1v) is 8.33. The highest BCUT2D eigenvalue weighted by Gasteiger charge is 2.37. The van der Waals surface area contributed by atoms with E-state index in [1.165, 1.54) is 14.0 Å². The molecule has 0 spiro atoms. The van der Waals surface area contributed by atoms with Crippen LogP contribution in [0.15, 0.2) is 54.6 Å². The molecule has 2 aromatic rings. The number of amides is 2. The van der Waals surface area contributed by atoms with E-state index in [9.17, 15) is 19.5 Å². The van der Waals surface area contributed by atoms with Crippen LogP contribution in [0, 0.1) is 0 Å². The van der Waals surface area contributed by atoms with Crippen molar-refractivity contribution in [1.82, 2.24) is 0 Å². The number of nitrogens with one attached hydrogen (secondary N) is 2. The van der Waals surface area contributed by atoms with Crippen LogP contribution < -0.4 is 10.6 Å². The van der Waals surface area contributed by atoms with Crippen LogP contribution in [-0.2, 0) is 24.5 Å². The summed E-state index contributed by atoms with van der Waals surface area (Å²) in [5, 5.41) is 15.0. The Balaban J connectivity index is 2.04. The second kappa shape index (κ2) is 8.95. The van der Waals surface area contributed by atoms with Crippen LogP contribution in [0.5, 0.6) is 0 Å². The predicted molar refractivity (Wildman–Crippen MR) is 102 cm³/mol. The molecule has 0 fully saturated rings. The molecule has 7 nitrogen and oxygen atoms in total. The lowest BCUT2D eigenvalue weighted by atomic mass is 9.79. The lowest BCUT2D eigenvalue weighted by Crippen LogP contribution is -2.36. The SMILES string of the molecule is COCC(=O)Nc1ccc(NC(=O)C[C@](C)(C(=O)O)c2ccccc2)cc1. The summed E-state index contributed by atoms with van der Waals surface area (Å²) in [5.41, 5.74) is 0.295. The standard InChI is InChI=1S/C20H22N2O5/c1-20(19(25)26,14-6-4-3-5-7-14)12-17(23)21-15-8-10-16(11-9-15)22-18(24)13-27-2/h3-11H,12-13H2,1-2H3,(H,21,23)(H,22,24)(H,25,26)/t20-/m0/s1. The number of anilines is 2. The second-order valence-electron chi connectivity index (χ2n) is 6.29. The maximum atomic E-state index is 12.4. The molecule has 0 heterocycles. The normalized spacial score (nSPS) is 12.7. The highest BCUT2D eigenvalue weighted by atomic mass is 16.5. The zero-order valence-corrected chi connectivity index (χ0v) is 15.2. The molecule has 2 aromatic carbocycles. The van der Waals surface area contributed by atoms with Crippen LogP contribution >= 0.6 is 0 Å². The number of carbonyl (C=O) groups is 3. The smallest absolute Gasteiger partial charge is 0.314 e. The maximum Gasteiger partial charge on any atom is 0.314 e. The van der Waals surface area contributed by atoms with E-state index in [0.717, 1.165) is 0 Å². The molecule has 0 saturated carbocycles. The van der Waals surface area contributed by atoms with E-state index < -0.39 is 17.3 Å². The number of benzene rings is 2. The highest BCUT2D eigenvalue weighted by Crippen LogP contribution is 2.28. The fourth-order valence-corrected chi connectivity index (χ4v) is 2.60. The highest BCUT2D eigenvalue weighted by molar-refractivity contribution is 5.97. The van der Waals surface area contributed by atoms with Gasteiger partial charge in [-0.2, -0.15) is 0 Å². The predicted octanol–water partition coefficient (Wildman–Crippen LogP) is 2.64. The van der Waals surface area contributed by atoms with Crippen LogP contribution in [0.25, 0.3) is 0 Å². The Bertz CT molecular complexity index is 805. The van der Waals surface area contributed by atoms with E-state index in [1.807, 2.05) is 0 Å². The molecule has 0 aliphatic heterocycles. The van der Waals surface area contributed by atoms with Crippen molar-refractivity contribution in [3.05, 3.63) is 60.2 Å². The number of hydrogen-bond acceptors (Lipinski definition) is 4. The van der Waals surface area contributed by atoms with Gasteiger partial charge in [0.15, 0.2) is 0 Å². The third-order valence-electron chi connectivity index (χ3n) is 4.12. The molecule has 27 heavy (non-hydrogen) atoms. The fraction of sp³-hybridized carbons (Fsp3) is 0.250. The number of carboxylic acid groups (broad SMARTS) is 1. The Morgan fingerprint density at radius 1 is 0.926 bits per heavy atom. The van der Waals surface area contributed by atoms with Crippen molar-refractivity contribution in [3.63, 3.8) is 0 Å². The number of ether oxygens (including phenoxy) is 1. The molecule has 2 rings (SSSR count).